The smallest absolute Gasteiger partial charge is 0.304 e. The number of nitrogens with two attached hydrogens (primary N) is 1. The van der Waals surface area contributed by atoms with Crippen LogP contribution in [0.1, 0.15) is 23.3 Å². The monoisotopic (exact) mass is 449 g/mol. The fourth-order valence-corrected chi connectivity index (χ4v) is 4.40. The first-order chi connectivity index (χ1) is 14.7. The van der Waals surface area contributed by atoms with Gasteiger partial charge in [0, 0.05) is 24.1 Å². The Hall–Kier alpha value is -3.21. The van der Waals surface area contributed by atoms with Gasteiger partial charge in [-0.3, -0.25) is 9.37 Å². The number of amidine groups is 1. The molecule has 2 aliphatic heterocycles. The summed E-state index contributed by atoms with van der Waals surface area (Å²) >= 11 is 0.891. The van der Waals surface area contributed by atoms with Crippen LogP contribution in [0.5, 0.6) is 0 Å². The van der Waals surface area contributed by atoms with Gasteiger partial charge < -0.3 is 16.5 Å². The molecule has 0 spiro atoms. The lowest BCUT2D eigenvalue weighted by molar-refractivity contribution is -0.530. The van der Waals surface area contributed by atoms with E-state index in [2.05, 4.69) is 10.3 Å². The number of nitrogens with one attached hydrogen (secondary N) is 2. The van der Waals surface area contributed by atoms with Gasteiger partial charge in [-0.05, 0) is 18.2 Å². The molecule has 1 atom stereocenters. The molecular formula is C20H20F3N6OS+. The average molecular weight is 449 g/mol. The number of rotatable bonds is 3. The molecule has 11 heteroatoms. The molecule has 1 amide bonds. The van der Waals surface area contributed by atoms with Crippen molar-refractivity contribution in [3.8, 4) is 10.6 Å². The Bertz CT molecular complexity index is 1140. The van der Waals surface area contributed by atoms with Crippen LogP contribution in [0.4, 0.5) is 18.2 Å². The maximum atomic E-state index is 14.1. The highest BCUT2D eigenvalue weighted by Crippen LogP contribution is 2.32. The first kappa shape index (κ1) is 21.0. The zero-order valence-corrected chi connectivity index (χ0v) is 17.4. The molecule has 1 fully saturated rings. The summed E-state index contributed by atoms with van der Waals surface area (Å²) in [7, 11) is 1.80. The molecule has 0 aliphatic carbocycles. The standard InChI is InChI=1S/C20H19F3N6OS/c1-28-9-15(20(28)29-6-4-13(23)14(24)5-7-29)26-18(30)16-17(25)31-19(27-16)11-8-10(21)2-3-12(11)22/h2-3,8-9,13,24H,4-7H2,1H3,(H2-,25,26,30)/p+1. The van der Waals surface area contributed by atoms with Crippen LogP contribution in [0, 0.1) is 17.0 Å². The molecule has 31 heavy (non-hydrogen) atoms. The number of nitrogens with zero attached hydrogens (tertiary/aromatic N) is 3. The number of halogens is 3. The number of aromatic nitrogens is 1. The van der Waals surface area contributed by atoms with Gasteiger partial charge in [0.25, 0.3) is 5.91 Å². The maximum Gasteiger partial charge on any atom is 0.304 e. The van der Waals surface area contributed by atoms with Crippen LogP contribution in [-0.2, 0) is 0 Å². The zero-order chi connectivity index (χ0) is 22.3. The zero-order valence-electron chi connectivity index (χ0n) is 16.6. The highest BCUT2D eigenvalue weighted by atomic mass is 32.1. The molecule has 0 bridgehead atoms. The molecule has 0 radical (unpaired) electrons. The fourth-order valence-electron chi connectivity index (χ4n) is 3.55. The molecule has 4 rings (SSSR count). The lowest BCUT2D eigenvalue weighted by atomic mass is 10.1. The number of nitrogen functional groups attached to an aromatic ring is 1. The minimum Gasteiger partial charge on any atom is -0.389 e. The number of carbonyl (C=O) groups excluding carboxylic acids is 1. The van der Waals surface area contributed by atoms with E-state index in [9.17, 15) is 18.0 Å². The molecule has 1 saturated heterocycles. The Kier molecular flexibility index (Phi) is 5.52. The number of hydrogen-bond donors (Lipinski definition) is 3. The third kappa shape index (κ3) is 4.05. The Labute approximate surface area is 180 Å². The molecule has 162 valence electrons. The Morgan fingerprint density at radius 1 is 1.39 bits per heavy atom. The number of thiazole rings is 1. The molecule has 2 aromatic rings. The number of hydrogen-bond acceptors (Lipinski definition) is 5. The minimum absolute atomic E-state index is 0.0709. The van der Waals surface area contributed by atoms with Crippen LogP contribution < -0.4 is 11.1 Å². The van der Waals surface area contributed by atoms with Crippen molar-refractivity contribution in [1.29, 1.82) is 5.41 Å². The lowest BCUT2D eigenvalue weighted by Crippen LogP contribution is -2.48. The highest BCUT2D eigenvalue weighted by molar-refractivity contribution is 7.19. The lowest BCUT2D eigenvalue weighted by Gasteiger charge is -2.25. The summed E-state index contributed by atoms with van der Waals surface area (Å²) in [4.78, 5) is 18.7. The normalized spacial score (nSPS) is 21.4. The second kappa shape index (κ2) is 8.14. The van der Waals surface area contributed by atoms with Gasteiger partial charge in [-0.2, -0.15) is 0 Å². The van der Waals surface area contributed by atoms with Gasteiger partial charge in [0.2, 0.25) is 0 Å². The molecule has 3 heterocycles. The first-order valence-corrected chi connectivity index (χ1v) is 10.4. The van der Waals surface area contributed by atoms with Crippen molar-refractivity contribution in [3.63, 3.8) is 0 Å². The molecule has 4 N–H and O–H groups in total. The number of anilines is 1. The molecule has 0 saturated carbocycles. The topological polar surface area (TPSA) is 98.1 Å². The van der Waals surface area contributed by atoms with E-state index in [0.717, 1.165) is 29.5 Å². The molecular weight excluding hydrogens is 429 g/mol. The van der Waals surface area contributed by atoms with Crippen molar-refractivity contribution in [3.05, 3.63) is 47.4 Å². The van der Waals surface area contributed by atoms with Crippen molar-refractivity contribution in [2.45, 2.75) is 19.0 Å². The Balaban J connectivity index is 1.56. The third-order valence-corrected chi connectivity index (χ3v) is 6.07. The minimum atomic E-state index is -1.26. The SMILES string of the molecule is CN1C=C(NC(=O)c2nc(-c3cc(F)ccc3F)sc2N)C1=[N+]1CCC(=N)C(F)CC1. The van der Waals surface area contributed by atoms with E-state index < -0.39 is 23.7 Å². The summed E-state index contributed by atoms with van der Waals surface area (Å²) in [6.45, 7) is 0.881. The van der Waals surface area contributed by atoms with E-state index in [0.29, 0.717) is 31.0 Å². The van der Waals surface area contributed by atoms with E-state index in [1.807, 2.05) is 4.58 Å². The number of benzene rings is 1. The predicted molar refractivity (Wildman–Crippen MR) is 112 cm³/mol. The number of amides is 1. The fraction of sp³-hybridized carbons (Fsp3) is 0.300. The van der Waals surface area contributed by atoms with Gasteiger partial charge >= 0.3 is 5.84 Å². The van der Waals surface area contributed by atoms with Crippen molar-refractivity contribution in [2.24, 2.45) is 0 Å². The van der Waals surface area contributed by atoms with Crippen molar-refractivity contribution in [1.82, 2.24) is 15.2 Å². The molecule has 1 aromatic carbocycles. The largest absolute Gasteiger partial charge is 0.389 e. The summed E-state index contributed by atoms with van der Waals surface area (Å²) in [5.41, 5.74) is 6.36. The second-order valence-electron chi connectivity index (χ2n) is 7.31. The van der Waals surface area contributed by atoms with E-state index in [-0.39, 0.29) is 33.4 Å². The van der Waals surface area contributed by atoms with Gasteiger partial charge in [0.15, 0.2) is 11.4 Å². The van der Waals surface area contributed by atoms with E-state index in [1.165, 1.54) is 0 Å². The number of likely N-dealkylation sites (N-methyl/N-ethyl adjacent to an activating group) is 1. The van der Waals surface area contributed by atoms with Gasteiger partial charge in [-0.25, -0.2) is 23.1 Å². The van der Waals surface area contributed by atoms with Crippen molar-refractivity contribution < 1.29 is 22.5 Å². The van der Waals surface area contributed by atoms with Crippen LogP contribution in [0.2, 0.25) is 0 Å². The van der Waals surface area contributed by atoms with E-state index in [4.69, 9.17) is 11.1 Å². The van der Waals surface area contributed by atoms with Crippen LogP contribution in [0.25, 0.3) is 10.6 Å². The molecule has 2 aliphatic rings. The van der Waals surface area contributed by atoms with E-state index >= 15 is 0 Å². The van der Waals surface area contributed by atoms with Gasteiger partial charge in [0.05, 0.1) is 20.1 Å². The average Bonchev–Trinajstić information content (AvgIpc) is 3.04. The highest BCUT2D eigenvalue weighted by Gasteiger charge is 2.36. The van der Waals surface area contributed by atoms with Gasteiger partial charge in [-0.1, -0.05) is 11.3 Å². The van der Waals surface area contributed by atoms with Gasteiger partial charge in [-0.15, -0.1) is 0 Å². The molecule has 7 nitrogen and oxygen atoms in total. The maximum absolute atomic E-state index is 14.1. The van der Waals surface area contributed by atoms with Crippen molar-refractivity contribution >= 4 is 33.8 Å². The Morgan fingerprint density at radius 3 is 2.90 bits per heavy atom. The van der Waals surface area contributed by atoms with Crippen LogP contribution in [0.3, 0.4) is 0 Å². The molecule has 1 aromatic heterocycles. The number of carbonyl (C=O) groups is 1. The quantitative estimate of drug-likeness (QED) is 0.628. The summed E-state index contributed by atoms with van der Waals surface area (Å²) < 4.78 is 43.3. The van der Waals surface area contributed by atoms with E-state index in [1.54, 1.807) is 18.1 Å². The Morgan fingerprint density at radius 2 is 2.16 bits per heavy atom. The summed E-state index contributed by atoms with van der Waals surface area (Å²) in [5.74, 6) is -1.17. The molecule has 1 unspecified atom stereocenters. The van der Waals surface area contributed by atoms with Crippen LogP contribution >= 0.6 is 11.3 Å². The summed E-state index contributed by atoms with van der Waals surface area (Å²) in [6.07, 6.45) is 0.960. The van der Waals surface area contributed by atoms with Crippen LogP contribution in [0.15, 0.2) is 30.1 Å². The van der Waals surface area contributed by atoms with Crippen molar-refractivity contribution in [2.75, 3.05) is 25.9 Å². The van der Waals surface area contributed by atoms with Crippen LogP contribution in [-0.4, -0.2) is 58.2 Å². The first-order valence-electron chi connectivity index (χ1n) is 9.56. The van der Waals surface area contributed by atoms with Gasteiger partial charge in [0.1, 0.15) is 34.0 Å². The predicted octanol–water partition coefficient (Wildman–Crippen LogP) is 2.75. The number of alkyl halides is 1. The summed E-state index contributed by atoms with van der Waals surface area (Å²) in [6, 6.07) is 2.98. The third-order valence-electron chi connectivity index (χ3n) is 5.15. The summed E-state index contributed by atoms with van der Waals surface area (Å²) in [5, 5.41) is 10.6. The second-order valence-corrected chi connectivity index (χ2v) is 8.34.